The molecular weight excluding hydrogens is 310 g/mol. The largest absolute Gasteiger partial charge is 0.350 e. The van der Waals surface area contributed by atoms with Gasteiger partial charge in [0.25, 0.3) is 15.0 Å². The van der Waals surface area contributed by atoms with Crippen LogP contribution in [0.4, 0.5) is 0 Å². The summed E-state index contributed by atoms with van der Waals surface area (Å²) in [5, 5.41) is 2.87. The van der Waals surface area contributed by atoms with Crippen molar-refractivity contribution in [1.29, 1.82) is 0 Å². The van der Waals surface area contributed by atoms with Gasteiger partial charge >= 0.3 is 0 Å². The lowest BCUT2D eigenvalue weighted by Crippen LogP contribution is -2.32. The normalized spacial score (nSPS) is 13.2. The van der Waals surface area contributed by atoms with Crippen molar-refractivity contribution >= 4 is 25.6 Å². The predicted molar refractivity (Wildman–Crippen MR) is 85.2 cm³/mol. The molecule has 1 aromatic carbocycles. The van der Waals surface area contributed by atoms with E-state index >= 15 is 0 Å². The van der Waals surface area contributed by atoms with Crippen molar-refractivity contribution in [3.63, 3.8) is 0 Å². The van der Waals surface area contributed by atoms with Crippen LogP contribution in [0.1, 0.15) is 49.5 Å². The van der Waals surface area contributed by atoms with E-state index in [0.29, 0.717) is 17.0 Å². The average Bonchev–Trinajstić information content (AvgIpc) is 2.35. The highest BCUT2D eigenvalue weighted by atomic mass is 35.7. The molecule has 4 nitrogen and oxygen atoms in total. The smallest absolute Gasteiger partial charge is 0.261 e. The van der Waals surface area contributed by atoms with E-state index in [9.17, 15) is 13.2 Å². The van der Waals surface area contributed by atoms with Crippen LogP contribution in [0.15, 0.2) is 23.1 Å². The van der Waals surface area contributed by atoms with Crippen molar-refractivity contribution in [2.75, 3.05) is 0 Å². The van der Waals surface area contributed by atoms with Crippen LogP contribution in [0, 0.1) is 12.8 Å². The van der Waals surface area contributed by atoms with Crippen molar-refractivity contribution in [2.45, 2.75) is 51.5 Å². The molecule has 0 aliphatic rings. The summed E-state index contributed by atoms with van der Waals surface area (Å²) in [4.78, 5) is 12.1. The first-order valence-electron chi connectivity index (χ1n) is 6.97. The number of hydrogen-bond acceptors (Lipinski definition) is 3. The number of aryl methyl sites for hydroxylation is 1. The standard InChI is InChI=1S/C15H22ClNO3S/c1-10(2)5-7-12(4)17-15(18)13-8-6-11(3)14(9-13)21(16,19)20/h6,8-10,12H,5,7H2,1-4H3,(H,17,18). The van der Waals surface area contributed by atoms with Gasteiger partial charge in [-0.15, -0.1) is 0 Å². The predicted octanol–water partition coefficient (Wildman–Crippen LogP) is 3.48. The molecule has 1 aromatic rings. The minimum Gasteiger partial charge on any atom is -0.350 e. The molecule has 118 valence electrons. The van der Waals surface area contributed by atoms with Gasteiger partial charge in [0.15, 0.2) is 0 Å². The summed E-state index contributed by atoms with van der Waals surface area (Å²) >= 11 is 0. The molecule has 0 radical (unpaired) electrons. The summed E-state index contributed by atoms with van der Waals surface area (Å²) in [7, 11) is 1.52. The molecular formula is C15H22ClNO3S. The maximum Gasteiger partial charge on any atom is 0.261 e. The van der Waals surface area contributed by atoms with Crippen LogP contribution in [0.3, 0.4) is 0 Å². The Labute approximate surface area is 131 Å². The monoisotopic (exact) mass is 331 g/mol. The number of benzene rings is 1. The number of carbonyl (C=O) groups excluding carboxylic acids is 1. The lowest BCUT2D eigenvalue weighted by atomic mass is 10.0. The maximum atomic E-state index is 12.1. The summed E-state index contributed by atoms with van der Waals surface area (Å²) < 4.78 is 22.9. The molecule has 0 aliphatic heterocycles. The molecule has 0 heterocycles. The van der Waals surface area contributed by atoms with Gasteiger partial charge in [0.05, 0.1) is 4.90 Å². The lowest BCUT2D eigenvalue weighted by Gasteiger charge is -2.15. The van der Waals surface area contributed by atoms with Crippen molar-refractivity contribution in [2.24, 2.45) is 5.92 Å². The highest BCUT2D eigenvalue weighted by Crippen LogP contribution is 2.21. The number of halogens is 1. The second-order valence-electron chi connectivity index (χ2n) is 5.76. The van der Waals surface area contributed by atoms with Crippen LogP contribution >= 0.6 is 10.7 Å². The van der Waals surface area contributed by atoms with E-state index in [4.69, 9.17) is 10.7 Å². The minimum absolute atomic E-state index is 0.0216. The fraction of sp³-hybridized carbons (Fsp3) is 0.533. The molecule has 0 aliphatic carbocycles. The van der Waals surface area contributed by atoms with Crippen molar-refractivity contribution < 1.29 is 13.2 Å². The molecule has 1 rings (SSSR count). The van der Waals surface area contributed by atoms with E-state index in [0.717, 1.165) is 12.8 Å². The SMILES string of the molecule is Cc1ccc(C(=O)NC(C)CCC(C)C)cc1S(=O)(=O)Cl. The van der Waals surface area contributed by atoms with Gasteiger partial charge in [-0.25, -0.2) is 8.42 Å². The third-order valence-corrected chi connectivity index (χ3v) is 4.73. The van der Waals surface area contributed by atoms with Crippen molar-refractivity contribution in [3.8, 4) is 0 Å². The molecule has 0 saturated carbocycles. The second kappa shape index (κ2) is 7.27. The van der Waals surface area contributed by atoms with Crippen LogP contribution < -0.4 is 5.32 Å². The average molecular weight is 332 g/mol. The van der Waals surface area contributed by atoms with Gasteiger partial charge in [0.2, 0.25) is 0 Å². The van der Waals surface area contributed by atoms with Gasteiger partial charge in [-0.3, -0.25) is 4.79 Å². The van der Waals surface area contributed by atoms with Crippen LogP contribution in [-0.4, -0.2) is 20.4 Å². The third kappa shape index (κ3) is 5.67. The zero-order valence-corrected chi connectivity index (χ0v) is 14.4. The van der Waals surface area contributed by atoms with E-state index in [2.05, 4.69) is 19.2 Å². The van der Waals surface area contributed by atoms with Crippen molar-refractivity contribution in [1.82, 2.24) is 5.32 Å². The Balaban J connectivity index is 2.84. The summed E-state index contributed by atoms with van der Waals surface area (Å²) in [6.07, 6.45) is 1.91. The van der Waals surface area contributed by atoms with Crippen molar-refractivity contribution in [3.05, 3.63) is 29.3 Å². The Morgan fingerprint density at radius 1 is 1.24 bits per heavy atom. The Kier molecular flexibility index (Phi) is 6.23. The maximum absolute atomic E-state index is 12.1. The number of carbonyl (C=O) groups is 1. The van der Waals surface area contributed by atoms with Gasteiger partial charge in [0.1, 0.15) is 0 Å². The Morgan fingerprint density at radius 3 is 2.38 bits per heavy atom. The summed E-state index contributed by atoms with van der Waals surface area (Å²) in [5.74, 6) is 0.296. The molecule has 1 atom stereocenters. The Morgan fingerprint density at radius 2 is 1.86 bits per heavy atom. The van der Waals surface area contributed by atoms with Gasteiger partial charge in [-0.1, -0.05) is 19.9 Å². The molecule has 1 N–H and O–H groups in total. The van der Waals surface area contributed by atoms with Crippen LogP contribution in [0.5, 0.6) is 0 Å². The molecule has 0 bridgehead atoms. The molecule has 0 spiro atoms. The van der Waals surface area contributed by atoms with E-state index in [1.807, 2.05) is 6.92 Å². The fourth-order valence-electron chi connectivity index (χ4n) is 1.97. The number of rotatable bonds is 6. The van der Waals surface area contributed by atoms with Gasteiger partial charge in [-0.2, -0.15) is 0 Å². The van der Waals surface area contributed by atoms with Gasteiger partial charge in [-0.05, 0) is 50.3 Å². The quantitative estimate of drug-likeness (QED) is 0.812. The van der Waals surface area contributed by atoms with Crippen LogP contribution in [0.2, 0.25) is 0 Å². The fourth-order valence-corrected chi connectivity index (χ4v) is 3.19. The van der Waals surface area contributed by atoms with E-state index in [1.165, 1.54) is 6.07 Å². The first-order chi connectivity index (χ1) is 9.61. The number of amides is 1. The second-order valence-corrected chi connectivity index (χ2v) is 8.30. The number of nitrogens with one attached hydrogen (secondary N) is 1. The highest BCUT2D eigenvalue weighted by molar-refractivity contribution is 8.13. The summed E-state index contributed by atoms with van der Waals surface area (Å²) in [6, 6.07) is 4.55. The lowest BCUT2D eigenvalue weighted by molar-refractivity contribution is 0.0937. The third-order valence-electron chi connectivity index (χ3n) is 3.27. The molecule has 6 heteroatoms. The van der Waals surface area contributed by atoms with Crippen LogP contribution in [0.25, 0.3) is 0 Å². The van der Waals surface area contributed by atoms with Gasteiger partial charge in [0, 0.05) is 22.3 Å². The molecule has 0 aromatic heterocycles. The zero-order valence-electron chi connectivity index (χ0n) is 12.8. The zero-order chi connectivity index (χ0) is 16.2. The van der Waals surface area contributed by atoms with Crippen LogP contribution in [-0.2, 0) is 9.05 Å². The molecule has 0 fully saturated rings. The summed E-state index contributed by atoms with van der Waals surface area (Å²) in [6.45, 7) is 7.84. The van der Waals surface area contributed by atoms with E-state index in [1.54, 1.807) is 19.1 Å². The minimum atomic E-state index is -3.85. The first-order valence-corrected chi connectivity index (χ1v) is 9.28. The Hall–Kier alpha value is -1.07. The van der Waals surface area contributed by atoms with E-state index in [-0.39, 0.29) is 16.8 Å². The molecule has 1 amide bonds. The number of hydrogen-bond donors (Lipinski definition) is 1. The molecule has 0 saturated heterocycles. The van der Waals surface area contributed by atoms with E-state index < -0.39 is 9.05 Å². The molecule has 21 heavy (non-hydrogen) atoms. The van der Waals surface area contributed by atoms with Gasteiger partial charge < -0.3 is 5.32 Å². The Bertz CT molecular complexity index is 611. The highest BCUT2D eigenvalue weighted by Gasteiger charge is 2.17. The molecule has 1 unspecified atom stereocenters. The topological polar surface area (TPSA) is 63.2 Å². The summed E-state index contributed by atoms with van der Waals surface area (Å²) in [5.41, 5.74) is 0.825. The first kappa shape index (κ1) is 18.0.